The number of likely N-dealkylation sites (tertiary alicyclic amines) is 1. The predicted octanol–water partition coefficient (Wildman–Crippen LogP) is 7.45. The van der Waals surface area contributed by atoms with Gasteiger partial charge in [0.2, 0.25) is 0 Å². The summed E-state index contributed by atoms with van der Waals surface area (Å²) >= 11 is 1.60. The number of rotatable bonds is 9. The van der Waals surface area contributed by atoms with E-state index >= 15 is 0 Å². The van der Waals surface area contributed by atoms with E-state index in [0.29, 0.717) is 11.5 Å². The summed E-state index contributed by atoms with van der Waals surface area (Å²) < 4.78 is 13.8. The number of piperidine rings is 1. The highest BCUT2D eigenvalue weighted by atomic mass is 32.2. The molecule has 3 heterocycles. The lowest BCUT2D eigenvalue weighted by molar-refractivity contribution is -0.106. The number of unbranched alkanes of at least 4 members (excludes halogenated alkanes) is 1. The molecule has 6 nitrogen and oxygen atoms in total. The maximum atomic E-state index is 13.8. The smallest absolute Gasteiger partial charge is 0.135 e. The van der Waals surface area contributed by atoms with E-state index in [1.165, 1.54) is 19.1 Å². The Morgan fingerprint density at radius 1 is 1.26 bits per heavy atom. The zero-order valence-electron chi connectivity index (χ0n) is 22.4. The van der Waals surface area contributed by atoms with Gasteiger partial charge >= 0.3 is 0 Å². The number of nitrogens with zero attached hydrogens (tertiary/aromatic N) is 4. The summed E-state index contributed by atoms with van der Waals surface area (Å²) in [6.45, 7) is 9.83. The molecule has 38 heavy (non-hydrogen) atoms. The third-order valence-electron chi connectivity index (χ3n) is 5.95. The molecule has 8 heteroatoms. The van der Waals surface area contributed by atoms with E-state index in [2.05, 4.69) is 53.3 Å². The van der Waals surface area contributed by atoms with Crippen LogP contribution in [0.4, 0.5) is 15.9 Å². The van der Waals surface area contributed by atoms with Gasteiger partial charge in [-0.25, -0.2) is 14.4 Å². The molecule has 0 bridgehead atoms. The number of hydrogen-bond acceptors (Lipinski definition) is 7. The van der Waals surface area contributed by atoms with E-state index in [1.807, 2.05) is 24.5 Å². The highest BCUT2D eigenvalue weighted by Crippen LogP contribution is 2.32. The van der Waals surface area contributed by atoms with E-state index in [0.717, 1.165) is 72.6 Å². The molecule has 1 unspecified atom stereocenters. The van der Waals surface area contributed by atoms with Crippen molar-refractivity contribution in [3.05, 3.63) is 84.1 Å². The van der Waals surface area contributed by atoms with Gasteiger partial charge in [0.1, 0.15) is 23.7 Å². The molecule has 200 valence electrons. The van der Waals surface area contributed by atoms with Crippen LogP contribution in [-0.4, -0.2) is 46.3 Å². The van der Waals surface area contributed by atoms with Gasteiger partial charge in [0.25, 0.3) is 0 Å². The molecule has 0 radical (unpaired) electrons. The number of aromatic nitrogens is 3. The summed E-state index contributed by atoms with van der Waals surface area (Å²) in [6, 6.07) is 10.4. The highest BCUT2D eigenvalue weighted by Gasteiger charge is 2.23. The first-order valence-electron chi connectivity index (χ1n) is 12.9. The van der Waals surface area contributed by atoms with Gasteiger partial charge in [0, 0.05) is 52.6 Å². The number of thioether (sulfide) groups is 1. The largest absolute Gasteiger partial charge is 0.340 e. The maximum absolute atomic E-state index is 13.8. The molecule has 0 aliphatic carbocycles. The van der Waals surface area contributed by atoms with Crippen LogP contribution in [0.25, 0.3) is 16.2 Å². The number of allylic oxidation sites excluding steroid dienone is 1. The Hall–Kier alpha value is -3.36. The number of pyridine rings is 1. The second-order valence-corrected chi connectivity index (χ2v) is 10.1. The predicted molar refractivity (Wildman–Crippen MR) is 157 cm³/mol. The number of aldehydes is 1. The molecule has 1 saturated heterocycles. The number of anilines is 2. The van der Waals surface area contributed by atoms with E-state index in [9.17, 15) is 4.39 Å². The molecule has 4 rings (SSSR count). The normalized spacial score (nSPS) is 15.5. The van der Waals surface area contributed by atoms with Crippen molar-refractivity contribution < 1.29 is 9.18 Å². The van der Waals surface area contributed by atoms with Crippen molar-refractivity contribution >= 4 is 34.5 Å². The zero-order chi connectivity index (χ0) is 27.3. The van der Waals surface area contributed by atoms with Crippen LogP contribution in [0.3, 0.4) is 0 Å². The van der Waals surface area contributed by atoms with Crippen LogP contribution in [0.1, 0.15) is 56.8 Å². The summed E-state index contributed by atoms with van der Waals surface area (Å²) in [6.07, 6.45) is 10.9. The first-order chi connectivity index (χ1) is 18.4. The molecule has 1 N–H and O–H groups in total. The quantitative estimate of drug-likeness (QED) is 0.286. The minimum Gasteiger partial charge on any atom is -0.340 e. The molecular formula is C30H36FN5OS. The second kappa shape index (κ2) is 15.1. The molecular weight excluding hydrogens is 497 g/mol. The minimum absolute atomic E-state index is 0.243. The van der Waals surface area contributed by atoms with Crippen molar-refractivity contribution in [1.29, 1.82) is 0 Å². The Balaban J connectivity index is 0.00000127. The molecule has 0 saturated carbocycles. The molecule has 3 aromatic rings. The molecule has 0 amide bonds. The van der Waals surface area contributed by atoms with Crippen molar-refractivity contribution in [3.63, 3.8) is 0 Å². The Morgan fingerprint density at radius 2 is 2.08 bits per heavy atom. The van der Waals surface area contributed by atoms with Gasteiger partial charge < -0.3 is 15.0 Å². The standard InChI is InChI=1S/C28H32FN5S.C2H4O/c1-4-5-6-13-35-20(2)22-14-23(18-30-17-22)26-16-27(31-25-11-7-10-24(29)15-25)33-28(32-26)21-9-8-12-34(3)19-21;1-2-3/h6-7,10-11,13-18,21H,2,4-5,8-9,12,19H2,1,3H3,(H,31,32,33);2H,1H3/b13-6-;. The van der Waals surface area contributed by atoms with Gasteiger partial charge in [0.15, 0.2) is 0 Å². The Bertz CT molecular complexity index is 1250. The fourth-order valence-electron chi connectivity index (χ4n) is 4.12. The van der Waals surface area contributed by atoms with Crippen molar-refractivity contribution in [2.75, 3.05) is 25.5 Å². The van der Waals surface area contributed by atoms with Crippen LogP contribution >= 0.6 is 11.8 Å². The highest BCUT2D eigenvalue weighted by molar-refractivity contribution is 8.10. The van der Waals surface area contributed by atoms with E-state index in [4.69, 9.17) is 14.8 Å². The summed E-state index contributed by atoms with van der Waals surface area (Å²) in [5.74, 6) is 1.39. The molecule has 1 fully saturated rings. The van der Waals surface area contributed by atoms with Crippen LogP contribution in [0, 0.1) is 5.82 Å². The lowest BCUT2D eigenvalue weighted by atomic mass is 9.97. The molecule has 0 spiro atoms. The number of likely N-dealkylation sites (N-methyl/N-ethyl adjacent to an activating group) is 1. The summed E-state index contributed by atoms with van der Waals surface area (Å²) in [5.41, 5.74) is 3.30. The molecule has 1 aliphatic heterocycles. The number of halogens is 1. The SMILES string of the molecule is C=C(S/C=C\CCC)c1cncc(-c2cc(Nc3cccc(F)c3)nc(C3CCCN(C)C3)n2)c1.CC=O. The zero-order valence-corrected chi connectivity index (χ0v) is 23.2. The van der Waals surface area contributed by atoms with Crippen LogP contribution < -0.4 is 5.32 Å². The van der Waals surface area contributed by atoms with Crippen LogP contribution in [0.2, 0.25) is 0 Å². The first kappa shape index (κ1) is 29.2. The number of hydrogen-bond donors (Lipinski definition) is 1. The lowest BCUT2D eigenvalue weighted by Gasteiger charge is -2.29. The van der Waals surface area contributed by atoms with Crippen LogP contribution in [0.15, 0.2) is 66.9 Å². The number of benzene rings is 1. The maximum Gasteiger partial charge on any atom is 0.135 e. The van der Waals surface area contributed by atoms with Crippen LogP contribution in [-0.2, 0) is 4.79 Å². The summed E-state index contributed by atoms with van der Waals surface area (Å²) in [4.78, 5) is 26.3. The Kier molecular flexibility index (Phi) is 11.6. The lowest BCUT2D eigenvalue weighted by Crippen LogP contribution is -2.31. The monoisotopic (exact) mass is 533 g/mol. The van der Waals surface area contributed by atoms with Gasteiger partial charge in [-0.3, -0.25) is 4.98 Å². The number of nitrogens with one attached hydrogen (secondary N) is 1. The third kappa shape index (κ3) is 8.89. The average Bonchev–Trinajstić information content (AvgIpc) is 2.91. The molecule has 1 aliphatic rings. The van der Waals surface area contributed by atoms with Crippen molar-refractivity contribution in [3.8, 4) is 11.3 Å². The van der Waals surface area contributed by atoms with Crippen molar-refractivity contribution in [1.82, 2.24) is 19.9 Å². The van der Waals surface area contributed by atoms with E-state index in [-0.39, 0.29) is 11.7 Å². The third-order valence-corrected chi connectivity index (χ3v) is 6.80. The average molecular weight is 534 g/mol. The van der Waals surface area contributed by atoms with Gasteiger partial charge in [-0.2, -0.15) is 0 Å². The molecule has 1 atom stereocenters. The van der Waals surface area contributed by atoms with E-state index in [1.54, 1.807) is 17.8 Å². The minimum atomic E-state index is -0.292. The Labute approximate surface area is 229 Å². The van der Waals surface area contributed by atoms with Gasteiger partial charge in [0.05, 0.1) is 5.69 Å². The Morgan fingerprint density at radius 3 is 2.82 bits per heavy atom. The van der Waals surface area contributed by atoms with Crippen molar-refractivity contribution in [2.24, 2.45) is 0 Å². The van der Waals surface area contributed by atoms with Gasteiger partial charge in [-0.15, -0.1) is 0 Å². The number of carbonyl (C=O) groups is 1. The molecule has 2 aromatic heterocycles. The van der Waals surface area contributed by atoms with Crippen molar-refractivity contribution in [2.45, 2.75) is 45.4 Å². The fourth-order valence-corrected chi connectivity index (χ4v) is 4.76. The fraction of sp³-hybridized carbons (Fsp3) is 0.333. The first-order valence-corrected chi connectivity index (χ1v) is 13.8. The molecule has 1 aromatic carbocycles. The summed E-state index contributed by atoms with van der Waals surface area (Å²) in [5, 5.41) is 5.35. The van der Waals surface area contributed by atoms with E-state index < -0.39 is 0 Å². The number of carbonyl (C=O) groups excluding carboxylic acids is 1. The summed E-state index contributed by atoms with van der Waals surface area (Å²) in [7, 11) is 2.13. The van der Waals surface area contributed by atoms with Gasteiger partial charge in [-0.05, 0) is 69.5 Å². The van der Waals surface area contributed by atoms with Gasteiger partial charge in [-0.1, -0.05) is 43.8 Å². The second-order valence-electron chi connectivity index (χ2n) is 9.13. The topological polar surface area (TPSA) is 71.0 Å². The van der Waals surface area contributed by atoms with Crippen LogP contribution in [0.5, 0.6) is 0 Å².